The Balaban J connectivity index is 4.78. The molecule has 0 fully saturated rings. The lowest BCUT2D eigenvalue weighted by atomic mass is 9.81. The highest BCUT2D eigenvalue weighted by Gasteiger charge is 2.43. The van der Waals surface area contributed by atoms with Gasteiger partial charge in [0.1, 0.15) is 0 Å². The smallest absolute Gasteiger partial charge is 0.396 e. The minimum absolute atomic E-state index is 0.414. The number of aliphatic hydroxyl groups is 2. The Kier molecular flexibility index (Phi) is 27.4. The van der Waals surface area contributed by atoms with Crippen LogP contribution in [0, 0.1) is 5.41 Å². The maximum Gasteiger partial charge on any atom is 0.481 e. The van der Waals surface area contributed by atoms with Gasteiger partial charge in [0, 0.05) is 6.61 Å². The van der Waals surface area contributed by atoms with Crippen LogP contribution in [0.4, 0.5) is 0 Å². The van der Waals surface area contributed by atoms with Crippen molar-refractivity contribution in [1.82, 2.24) is 0 Å². The van der Waals surface area contributed by atoms with Crippen molar-refractivity contribution >= 4 is 15.6 Å². The summed E-state index contributed by atoms with van der Waals surface area (Å²) in [4.78, 5) is 27.6. The largest absolute Gasteiger partial charge is 0.481 e. The molecule has 0 aliphatic carbocycles. The molecule has 5 N–H and O–H groups in total. The second-order valence-corrected chi connectivity index (χ2v) is 15.0. The summed E-state index contributed by atoms with van der Waals surface area (Å²) in [6.07, 6.45) is 25.9. The van der Waals surface area contributed by atoms with E-state index in [0.29, 0.717) is 13.0 Å². The van der Waals surface area contributed by atoms with Crippen LogP contribution < -0.4 is 0 Å². The molecule has 0 aromatic carbocycles. The first-order chi connectivity index (χ1) is 20.6. The predicted molar refractivity (Wildman–Crippen MR) is 173 cm³/mol. The third-order valence-corrected chi connectivity index (χ3v) is 10.3. The first kappa shape index (κ1) is 43.1. The number of phosphoric ester groups is 1. The number of aliphatic hydroxyl groups excluding tert-OH is 2. The van der Waals surface area contributed by atoms with Gasteiger partial charge < -0.3 is 29.6 Å². The van der Waals surface area contributed by atoms with E-state index in [0.717, 1.165) is 44.9 Å². The van der Waals surface area contributed by atoms with E-state index in [1.54, 1.807) is 0 Å². The molecule has 0 bridgehead atoms. The maximum atomic E-state index is 12.1. The average Bonchev–Trinajstić information content (AvgIpc) is 2.95. The van der Waals surface area contributed by atoms with Crippen LogP contribution in [-0.4, -0.2) is 57.4 Å². The fourth-order valence-electron chi connectivity index (χ4n) is 5.36. The van der Waals surface area contributed by atoms with Gasteiger partial charge in [0.05, 0.1) is 31.3 Å². The fraction of sp³-hybridized carbons (Fsp3) is 1.00. The zero-order chi connectivity index (χ0) is 32.3. The monoisotopic (exact) mass is 660 g/mol. The van der Waals surface area contributed by atoms with E-state index >= 15 is 0 Å². The van der Waals surface area contributed by atoms with Crippen molar-refractivity contribution < 1.29 is 47.6 Å². The van der Waals surface area contributed by atoms with Gasteiger partial charge in [-0.3, -0.25) is 4.52 Å². The van der Waals surface area contributed by atoms with E-state index in [9.17, 15) is 24.2 Å². The Labute approximate surface area is 262 Å². The van der Waals surface area contributed by atoms with Crippen LogP contribution in [0.1, 0.15) is 162 Å². The van der Waals surface area contributed by atoms with E-state index in [1.165, 1.54) is 96.3 Å². The summed E-state index contributed by atoms with van der Waals surface area (Å²) in [5, 5.41) is 20.5. The molecule has 0 heterocycles. The number of hydrogen-bond donors (Lipinski definition) is 5. The Bertz CT molecular complexity index is 715. The van der Waals surface area contributed by atoms with Crippen molar-refractivity contribution in [3.05, 3.63) is 0 Å². The summed E-state index contributed by atoms with van der Waals surface area (Å²) >= 11 is 0. The summed E-state index contributed by atoms with van der Waals surface area (Å²) < 4.78 is 38.0. The summed E-state index contributed by atoms with van der Waals surface area (Å²) in [6, 6.07) is 0. The molecule has 43 heavy (non-hydrogen) atoms. The van der Waals surface area contributed by atoms with E-state index < -0.39 is 47.0 Å². The van der Waals surface area contributed by atoms with Crippen molar-refractivity contribution in [2.24, 2.45) is 5.41 Å². The molecular weight excluding hydrogens is 594 g/mol. The molecule has 0 aliphatic rings. The van der Waals surface area contributed by atoms with Crippen LogP contribution in [0.15, 0.2) is 0 Å². The Morgan fingerprint density at radius 2 is 0.953 bits per heavy atom. The lowest BCUT2D eigenvalue weighted by Crippen LogP contribution is -2.47. The lowest BCUT2D eigenvalue weighted by molar-refractivity contribution is -0.115. The predicted octanol–water partition coefficient (Wildman–Crippen LogP) is 8.58. The second-order valence-electron chi connectivity index (χ2n) is 12.2. The second kappa shape index (κ2) is 27.3. The molecular formula is C31H66O10P2. The van der Waals surface area contributed by atoms with Gasteiger partial charge in [-0.05, 0) is 12.8 Å². The summed E-state index contributed by atoms with van der Waals surface area (Å²) in [6.45, 7) is 3.01. The van der Waals surface area contributed by atoms with Gasteiger partial charge in [-0.25, -0.2) is 9.13 Å². The molecule has 0 rings (SSSR count). The maximum absolute atomic E-state index is 12.1. The number of hydrogen-bond acceptors (Lipinski definition) is 7. The molecule has 260 valence electrons. The van der Waals surface area contributed by atoms with Crippen LogP contribution in [0.3, 0.4) is 0 Å². The molecule has 2 unspecified atom stereocenters. The highest BCUT2D eigenvalue weighted by atomic mass is 31.3. The van der Waals surface area contributed by atoms with E-state index in [2.05, 4.69) is 18.2 Å². The van der Waals surface area contributed by atoms with Gasteiger partial charge >= 0.3 is 15.6 Å². The van der Waals surface area contributed by atoms with Gasteiger partial charge in [-0.15, -0.1) is 0 Å². The van der Waals surface area contributed by atoms with Crippen molar-refractivity contribution in [3.8, 4) is 0 Å². The molecule has 0 saturated carbocycles. The van der Waals surface area contributed by atoms with E-state index in [1.807, 2.05) is 0 Å². The molecule has 0 aromatic rings. The molecule has 0 spiro atoms. The van der Waals surface area contributed by atoms with Crippen LogP contribution in [0.5, 0.6) is 0 Å². The van der Waals surface area contributed by atoms with Gasteiger partial charge in [0.25, 0.3) is 0 Å². The Morgan fingerprint density at radius 1 is 0.581 bits per heavy atom. The Morgan fingerprint density at radius 3 is 1.33 bits per heavy atom. The van der Waals surface area contributed by atoms with Gasteiger partial charge in [-0.2, -0.15) is 4.31 Å². The molecule has 0 radical (unpaired) electrons. The third kappa shape index (κ3) is 25.0. The summed E-state index contributed by atoms with van der Waals surface area (Å²) in [5.41, 5.74) is -1.44. The highest BCUT2D eigenvalue weighted by molar-refractivity contribution is 7.60. The topological polar surface area (TPSA) is 163 Å². The zero-order valence-electron chi connectivity index (χ0n) is 27.3. The quantitative estimate of drug-likeness (QED) is 0.0340. The Hall–Kier alpha value is 0.140. The molecule has 12 heteroatoms. The third-order valence-electron chi connectivity index (χ3n) is 8.17. The van der Waals surface area contributed by atoms with Crippen LogP contribution in [-0.2, 0) is 22.7 Å². The molecule has 10 nitrogen and oxygen atoms in total. The van der Waals surface area contributed by atoms with Gasteiger partial charge in [0.2, 0.25) is 0 Å². The number of ether oxygens (including phenoxy) is 1. The van der Waals surface area contributed by atoms with E-state index in [4.69, 9.17) is 19.0 Å². The standard InChI is InChI=1S/C31H66O10P2/c1-3-5-7-9-11-13-15-17-19-21-23-25-30(39-26-24-22-20-18-16-14-12-10-8-6-4-2)31(27-32,28-33)29-40-43(37,38)41-42(34,35)36/h30,32-33H,3-29H2,1-2H3,(H,37,38)(H2,34,35,36). The van der Waals surface area contributed by atoms with Crippen LogP contribution in [0.2, 0.25) is 0 Å². The summed E-state index contributed by atoms with van der Waals surface area (Å²) in [7, 11) is -10.4. The zero-order valence-corrected chi connectivity index (χ0v) is 29.1. The van der Waals surface area contributed by atoms with Crippen molar-refractivity contribution in [2.45, 2.75) is 168 Å². The summed E-state index contributed by atoms with van der Waals surface area (Å²) in [5.74, 6) is 0. The van der Waals surface area contributed by atoms with Crippen LogP contribution >= 0.6 is 15.6 Å². The molecule has 0 aliphatic heterocycles. The number of phosphoric acid groups is 2. The van der Waals surface area contributed by atoms with Gasteiger partial charge in [0.15, 0.2) is 0 Å². The van der Waals surface area contributed by atoms with Gasteiger partial charge in [-0.1, -0.05) is 149 Å². The average molecular weight is 661 g/mol. The van der Waals surface area contributed by atoms with Crippen molar-refractivity contribution in [3.63, 3.8) is 0 Å². The fourth-order valence-corrected chi connectivity index (χ4v) is 7.04. The minimum atomic E-state index is -5.29. The SMILES string of the molecule is CCCCCCCCCCCCCOC(CCCCCCCCCCCCC)C(CO)(CO)COP(=O)(O)OP(=O)(O)O. The molecule has 0 saturated heterocycles. The number of rotatable bonds is 33. The molecule has 2 atom stereocenters. The van der Waals surface area contributed by atoms with E-state index in [-0.39, 0.29) is 0 Å². The normalized spacial score (nSPS) is 14.7. The number of unbranched alkanes of at least 4 members (excludes halogenated alkanes) is 20. The van der Waals surface area contributed by atoms with Crippen molar-refractivity contribution in [2.75, 3.05) is 26.4 Å². The first-order valence-corrected chi connectivity index (χ1v) is 20.2. The molecule has 0 aromatic heterocycles. The first-order valence-electron chi connectivity index (χ1n) is 17.1. The van der Waals surface area contributed by atoms with Crippen LogP contribution in [0.25, 0.3) is 0 Å². The highest BCUT2D eigenvalue weighted by Crippen LogP contribution is 2.58. The molecule has 0 amide bonds. The van der Waals surface area contributed by atoms with Crippen molar-refractivity contribution in [1.29, 1.82) is 0 Å². The minimum Gasteiger partial charge on any atom is -0.396 e. The lowest BCUT2D eigenvalue weighted by Gasteiger charge is -2.37.